The third kappa shape index (κ3) is 4.22. The van der Waals surface area contributed by atoms with Crippen molar-refractivity contribution in [2.24, 2.45) is 5.41 Å². The number of rotatable bonds is 6. The maximum atomic E-state index is 10.1. The first kappa shape index (κ1) is 14.3. The van der Waals surface area contributed by atoms with Gasteiger partial charge in [-0.15, -0.1) is 0 Å². The summed E-state index contributed by atoms with van der Waals surface area (Å²) in [6, 6.07) is 1.16. The predicted octanol–water partition coefficient (Wildman–Crippen LogP) is 2.00. The summed E-state index contributed by atoms with van der Waals surface area (Å²) in [5, 5.41) is 13.7. The quantitative estimate of drug-likeness (QED) is 0.761. The van der Waals surface area contributed by atoms with Gasteiger partial charge in [-0.05, 0) is 38.1 Å². The molecule has 3 nitrogen and oxygen atoms in total. The highest BCUT2D eigenvalue weighted by molar-refractivity contribution is 4.88. The Hall–Kier alpha value is -0.120. The summed E-state index contributed by atoms with van der Waals surface area (Å²) in [5.74, 6) is 0. The zero-order valence-corrected chi connectivity index (χ0v) is 12.3. The lowest BCUT2D eigenvalue weighted by molar-refractivity contribution is 0.0171. The second kappa shape index (κ2) is 5.89. The Morgan fingerprint density at radius 2 is 1.83 bits per heavy atom. The Bertz CT molecular complexity index is 263. The Morgan fingerprint density at radius 1 is 1.17 bits per heavy atom. The Morgan fingerprint density at radius 3 is 2.44 bits per heavy atom. The summed E-state index contributed by atoms with van der Waals surface area (Å²) in [6.45, 7) is 6.81. The molecule has 0 aromatic carbocycles. The molecule has 2 atom stereocenters. The van der Waals surface area contributed by atoms with Gasteiger partial charge in [-0.2, -0.15) is 0 Å². The van der Waals surface area contributed by atoms with E-state index in [-0.39, 0.29) is 11.5 Å². The van der Waals surface area contributed by atoms with Crippen molar-refractivity contribution < 1.29 is 5.11 Å². The van der Waals surface area contributed by atoms with Gasteiger partial charge in [0, 0.05) is 25.2 Å². The first-order valence-electron chi connectivity index (χ1n) is 7.60. The molecule has 2 fully saturated rings. The number of hydrogen-bond donors (Lipinski definition) is 2. The predicted molar refractivity (Wildman–Crippen MR) is 75.7 cm³/mol. The van der Waals surface area contributed by atoms with Crippen LogP contribution in [0.5, 0.6) is 0 Å². The molecule has 0 aromatic rings. The number of aliphatic hydroxyl groups is 1. The molecule has 3 heteroatoms. The van der Waals surface area contributed by atoms with Crippen LogP contribution in [-0.2, 0) is 0 Å². The van der Waals surface area contributed by atoms with Crippen LogP contribution in [0, 0.1) is 5.41 Å². The van der Waals surface area contributed by atoms with E-state index in [1.165, 1.54) is 25.7 Å². The summed E-state index contributed by atoms with van der Waals surface area (Å²) < 4.78 is 0. The van der Waals surface area contributed by atoms with Crippen LogP contribution in [0.1, 0.15) is 52.4 Å². The first-order valence-corrected chi connectivity index (χ1v) is 7.60. The van der Waals surface area contributed by atoms with Crippen LogP contribution in [0.15, 0.2) is 0 Å². The summed E-state index contributed by atoms with van der Waals surface area (Å²) in [5.41, 5.74) is 0.286. The fraction of sp³-hybridized carbons (Fsp3) is 1.00. The van der Waals surface area contributed by atoms with Crippen LogP contribution in [0.3, 0.4) is 0 Å². The number of nitrogens with one attached hydrogen (secondary N) is 1. The van der Waals surface area contributed by atoms with Gasteiger partial charge in [0.05, 0.1) is 6.10 Å². The molecule has 2 N–H and O–H groups in total. The van der Waals surface area contributed by atoms with Crippen molar-refractivity contribution in [2.45, 2.75) is 70.6 Å². The lowest BCUT2D eigenvalue weighted by atomic mass is 9.88. The van der Waals surface area contributed by atoms with Gasteiger partial charge in [0.15, 0.2) is 0 Å². The maximum Gasteiger partial charge on any atom is 0.0695 e. The van der Waals surface area contributed by atoms with Gasteiger partial charge in [-0.25, -0.2) is 0 Å². The summed E-state index contributed by atoms with van der Waals surface area (Å²) in [6.07, 6.45) is 7.20. The van der Waals surface area contributed by atoms with E-state index in [9.17, 15) is 5.11 Å². The van der Waals surface area contributed by atoms with Gasteiger partial charge >= 0.3 is 0 Å². The van der Waals surface area contributed by atoms with E-state index in [4.69, 9.17) is 0 Å². The Kier molecular flexibility index (Phi) is 4.68. The monoisotopic (exact) mass is 254 g/mol. The van der Waals surface area contributed by atoms with Gasteiger partial charge in [0.2, 0.25) is 0 Å². The molecule has 0 heterocycles. The van der Waals surface area contributed by atoms with Crippen molar-refractivity contribution in [2.75, 3.05) is 20.1 Å². The third-order valence-electron chi connectivity index (χ3n) is 4.38. The first-order chi connectivity index (χ1) is 8.48. The molecular formula is C15H30N2O. The topological polar surface area (TPSA) is 35.5 Å². The van der Waals surface area contributed by atoms with Gasteiger partial charge < -0.3 is 15.3 Å². The summed E-state index contributed by atoms with van der Waals surface area (Å²) in [7, 11) is 2.18. The summed E-state index contributed by atoms with van der Waals surface area (Å²) >= 11 is 0. The maximum absolute atomic E-state index is 10.1. The second-order valence-electron chi connectivity index (χ2n) is 7.15. The highest BCUT2D eigenvalue weighted by Gasteiger charge is 2.31. The van der Waals surface area contributed by atoms with Gasteiger partial charge in [0.25, 0.3) is 0 Å². The highest BCUT2D eigenvalue weighted by atomic mass is 16.3. The zero-order chi connectivity index (χ0) is 13.2. The standard InChI is InChI=1S/C15H30N2O/c1-15(2,10-16-12-8-9-12)11-17(3)13-6-4-5-7-14(13)18/h12-14,16,18H,4-11H2,1-3H3. The van der Waals surface area contributed by atoms with Crippen LogP contribution in [0.2, 0.25) is 0 Å². The van der Waals surface area contributed by atoms with Gasteiger partial charge in [-0.1, -0.05) is 26.7 Å². The van der Waals surface area contributed by atoms with Crippen LogP contribution in [-0.4, -0.2) is 48.3 Å². The van der Waals surface area contributed by atoms with Crippen LogP contribution in [0.4, 0.5) is 0 Å². The van der Waals surface area contributed by atoms with Crippen molar-refractivity contribution in [3.63, 3.8) is 0 Å². The van der Waals surface area contributed by atoms with Crippen molar-refractivity contribution in [1.82, 2.24) is 10.2 Å². The van der Waals surface area contributed by atoms with Crippen LogP contribution >= 0.6 is 0 Å². The van der Waals surface area contributed by atoms with Crippen molar-refractivity contribution >= 4 is 0 Å². The fourth-order valence-corrected chi connectivity index (χ4v) is 3.16. The Labute approximate surface area is 112 Å². The lowest BCUT2D eigenvalue weighted by Gasteiger charge is -2.39. The smallest absolute Gasteiger partial charge is 0.0695 e. The van der Waals surface area contributed by atoms with Crippen LogP contribution in [0.25, 0.3) is 0 Å². The molecule has 0 bridgehead atoms. The van der Waals surface area contributed by atoms with Gasteiger partial charge in [0.1, 0.15) is 0 Å². The molecule has 2 aliphatic rings. The van der Waals surface area contributed by atoms with E-state index in [0.717, 1.165) is 32.0 Å². The SMILES string of the molecule is CN(CC(C)(C)CNC1CC1)C1CCCCC1O. The molecule has 18 heavy (non-hydrogen) atoms. The molecule has 0 spiro atoms. The minimum absolute atomic E-state index is 0.115. The molecular weight excluding hydrogens is 224 g/mol. The fourth-order valence-electron chi connectivity index (χ4n) is 3.16. The molecule has 2 aliphatic carbocycles. The molecule has 0 aliphatic heterocycles. The van der Waals surface area contributed by atoms with E-state index in [2.05, 4.69) is 31.1 Å². The van der Waals surface area contributed by atoms with Crippen molar-refractivity contribution in [1.29, 1.82) is 0 Å². The molecule has 2 unspecified atom stereocenters. The van der Waals surface area contributed by atoms with Crippen LogP contribution < -0.4 is 5.32 Å². The molecule has 0 amide bonds. The minimum atomic E-state index is -0.115. The lowest BCUT2D eigenvalue weighted by Crippen LogP contribution is -2.48. The third-order valence-corrected chi connectivity index (χ3v) is 4.38. The summed E-state index contributed by atoms with van der Waals surface area (Å²) in [4.78, 5) is 2.39. The number of hydrogen-bond acceptors (Lipinski definition) is 3. The number of likely N-dealkylation sites (N-methyl/N-ethyl adjacent to an activating group) is 1. The number of nitrogens with zero attached hydrogens (tertiary/aromatic N) is 1. The van der Waals surface area contributed by atoms with E-state index < -0.39 is 0 Å². The molecule has 2 rings (SSSR count). The molecule has 0 aromatic heterocycles. The molecule has 0 radical (unpaired) electrons. The second-order valence-corrected chi connectivity index (χ2v) is 7.15. The van der Waals surface area contributed by atoms with E-state index in [1.807, 2.05) is 0 Å². The Balaban J connectivity index is 1.78. The van der Waals surface area contributed by atoms with Crippen molar-refractivity contribution in [3.8, 4) is 0 Å². The minimum Gasteiger partial charge on any atom is -0.391 e. The normalized spacial score (nSPS) is 29.8. The average Bonchev–Trinajstić information content (AvgIpc) is 3.10. The van der Waals surface area contributed by atoms with E-state index in [0.29, 0.717) is 6.04 Å². The number of aliphatic hydroxyl groups excluding tert-OH is 1. The molecule has 2 saturated carbocycles. The molecule has 106 valence electrons. The van der Waals surface area contributed by atoms with Gasteiger partial charge in [-0.3, -0.25) is 0 Å². The largest absolute Gasteiger partial charge is 0.391 e. The van der Waals surface area contributed by atoms with E-state index in [1.54, 1.807) is 0 Å². The van der Waals surface area contributed by atoms with E-state index >= 15 is 0 Å². The highest BCUT2D eigenvalue weighted by Crippen LogP contribution is 2.26. The molecule has 0 saturated heterocycles. The average molecular weight is 254 g/mol. The zero-order valence-electron chi connectivity index (χ0n) is 12.3. The van der Waals surface area contributed by atoms with Crippen molar-refractivity contribution in [3.05, 3.63) is 0 Å².